The van der Waals surface area contributed by atoms with Crippen molar-refractivity contribution in [1.29, 1.82) is 5.26 Å². The number of H-pyrrole nitrogens is 1. The molecule has 0 saturated carbocycles. The molecule has 4 nitrogen and oxygen atoms in total. The summed E-state index contributed by atoms with van der Waals surface area (Å²) in [5.74, 6) is 0.476. The monoisotopic (exact) mass is 228 g/mol. The van der Waals surface area contributed by atoms with E-state index in [1.54, 1.807) is 12.1 Å². The molecule has 17 heavy (non-hydrogen) atoms. The number of fused-ring (bicyclic) bond motifs is 1. The zero-order valence-corrected chi connectivity index (χ0v) is 9.70. The molecule has 2 rings (SSSR count). The van der Waals surface area contributed by atoms with E-state index < -0.39 is 0 Å². The molecule has 0 amide bonds. The van der Waals surface area contributed by atoms with Crippen LogP contribution in [0.5, 0.6) is 5.75 Å². The fraction of sp³-hybridized carbons (Fsp3) is 0.231. The van der Waals surface area contributed by atoms with E-state index in [0.29, 0.717) is 16.8 Å². The normalized spacial score (nSPS) is 10.2. The molecule has 1 N–H and O–H groups in total. The minimum atomic E-state index is -0.195. The molecular formula is C13H12N2O2. The number of methoxy groups -OCH3 is 1. The van der Waals surface area contributed by atoms with Crippen molar-refractivity contribution < 1.29 is 4.74 Å². The summed E-state index contributed by atoms with van der Waals surface area (Å²) in [4.78, 5) is 14.2. The van der Waals surface area contributed by atoms with Gasteiger partial charge >= 0.3 is 0 Å². The van der Waals surface area contributed by atoms with Crippen molar-refractivity contribution in [2.24, 2.45) is 0 Å². The maximum Gasteiger partial charge on any atom is 0.248 e. The first-order chi connectivity index (χ1) is 8.21. The number of aromatic nitrogens is 1. The molecule has 4 heteroatoms. The number of benzene rings is 1. The minimum Gasteiger partial charge on any atom is -0.495 e. The summed E-state index contributed by atoms with van der Waals surface area (Å²) in [5, 5.41) is 10.0. The van der Waals surface area contributed by atoms with Gasteiger partial charge in [0.2, 0.25) is 5.56 Å². The predicted molar refractivity (Wildman–Crippen MR) is 65.2 cm³/mol. The lowest BCUT2D eigenvalue weighted by Gasteiger charge is -2.08. The van der Waals surface area contributed by atoms with Crippen LogP contribution in [0.2, 0.25) is 0 Å². The lowest BCUT2D eigenvalue weighted by molar-refractivity contribution is 0.414. The fourth-order valence-electron chi connectivity index (χ4n) is 1.95. The zero-order chi connectivity index (χ0) is 12.4. The Kier molecular flexibility index (Phi) is 2.84. The largest absolute Gasteiger partial charge is 0.495 e. The molecule has 0 aliphatic carbocycles. The van der Waals surface area contributed by atoms with Crippen LogP contribution in [0.25, 0.3) is 10.9 Å². The van der Waals surface area contributed by atoms with E-state index >= 15 is 0 Å². The smallest absolute Gasteiger partial charge is 0.248 e. The average molecular weight is 228 g/mol. The SMILES string of the molecule is CCc1cc(=O)[nH]c2c(C#N)c(OC)ccc12. The van der Waals surface area contributed by atoms with Gasteiger partial charge in [-0.3, -0.25) is 4.79 Å². The summed E-state index contributed by atoms with van der Waals surface area (Å²) in [5.41, 5.74) is 1.66. The van der Waals surface area contributed by atoms with Crippen LogP contribution in [0.15, 0.2) is 23.0 Å². The molecule has 86 valence electrons. The number of nitrogens with zero attached hydrogens (tertiary/aromatic N) is 1. The first kappa shape index (κ1) is 11.2. The molecule has 2 aromatic rings. The van der Waals surface area contributed by atoms with Crippen LogP contribution in [0.3, 0.4) is 0 Å². The molecule has 0 atom stereocenters. The van der Waals surface area contributed by atoms with Gasteiger partial charge in [0, 0.05) is 11.5 Å². The number of pyridine rings is 1. The number of ether oxygens (including phenoxy) is 1. The van der Waals surface area contributed by atoms with E-state index in [9.17, 15) is 4.79 Å². The van der Waals surface area contributed by atoms with Crippen LogP contribution >= 0.6 is 0 Å². The molecule has 0 unspecified atom stereocenters. The van der Waals surface area contributed by atoms with Gasteiger partial charge in [-0.2, -0.15) is 5.26 Å². The van der Waals surface area contributed by atoms with Gasteiger partial charge in [0.15, 0.2) is 0 Å². The number of rotatable bonds is 2. The fourth-order valence-corrected chi connectivity index (χ4v) is 1.95. The van der Waals surface area contributed by atoms with Gasteiger partial charge in [0.25, 0.3) is 0 Å². The number of aromatic amines is 1. The van der Waals surface area contributed by atoms with Gasteiger partial charge in [-0.15, -0.1) is 0 Å². The lowest BCUT2D eigenvalue weighted by atomic mass is 10.0. The molecule has 0 fully saturated rings. The highest BCUT2D eigenvalue weighted by Gasteiger charge is 2.11. The van der Waals surface area contributed by atoms with Crippen LogP contribution in [-0.2, 0) is 6.42 Å². The first-order valence-electron chi connectivity index (χ1n) is 5.34. The van der Waals surface area contributed by atoms with Gasteiger partial charge in [0.1, 0.15) is 17.4 Å². The van der Waals surface area contributed by atoms with E-state index in [-0.39, 0.29) is 5.56 Å². The summed E-state index contributed by atoms with van der Waals surface area (Å²) in [6.07, 6.45) is 0.748. The highest BCUT2D eigenvalue weighted by atomic mass is 16.5. The van der Waals surface area contributed by atoms with Crippen molar-refractivity contribution in [2.75, 3.05) is 7.11 Å². The van der Waals surface area contributed by atoms with Crippen molar-refractivity contribution in [1.82, 2.24) is 4.98 Å². The molecule has 1 aromatic carbocycles. The maximum absolute atomic E-state index is 11.5. The second kappa shape index (κ2) is 4.30. The third-order valence-corrected chi connectivity index (χ3v) is 2.78. The molecular weight excluding hydrogens is 216 g/mol. The Morgan fingerprint density at radius 3 is 2.82 bits per heavy atom. The Balaban J connectivity index is 2.95. The van der Waals surface area contributed by atoms with E-state index in [1.165, 1.54) is 7.11 Å². The van der Waals surface area contributed by atoms with Crippen LogP contribution in [0, 0.1) is 11.3 Å². The third kappa shape index (κ3) is 1.76. The van der Waals surface area contributed by atoms with Crippen molar-refractivity contribution in [2.45, 2.75) is 13.3 Å². The van der Waals surface area contributed by atoms with Gasteiger partial charge < -0.3 is 9.72 Å². The number of hydrogen-bond acceptors (Lipinski definition) is 3. The first-order valence-corrected chi connectivity index (χ1v) is 5.34. The zero-order valence-electron chi connectivity index (χ0n) is 9.70. The minimum absolute atomic E-state index is 0.195. The number of nitrogens with one attached hydrogen (secondary N) is 1. The Hall–Kier alpha value is -2.28. The summed E-state index contributed by atoms with van der Waals surface area (Å²) in [6.45, 7) is 1.98. The van der Waals surface area contributed by atoms with E-state index in [4.69, 9.17) is 10.00 Å². The molecule has 1 heterocycles. The Morgan fingerprint density at radius 1 is 1.47 bits per heavy atom. The molecule has 0 spiro atoms. The van der Waals surface area contributed by atoms with E-state index in [0.717, 1.165) is 17.4 Å². The number of hydrogen-bond donors (Lipinski definition) is 1. The van der Waals surface area contributed by atoms with Crippen molar-refractivity contribution in [3.8, 4) is 11.8 Å². The van der Waals surface area contributed by atoms with Gasteiger partial charge in [-0.25, -0.2) is 0 Å². The van der Waals surface area contributed by atoms with Crippen molar-refractivity contribution >= 4 is 10.9 Å². The van der Waals surface area contributed by atoms with Gasteiger partial charge in [-0.1, -0.05) is 6.92 Å². The number of nitriles is 1. The molecule has 0 bridgehead atoms. The molecule has 0 saturated heterocycles. The van der Waals surface area contributed by atoms with Crippen LogP contribution in [0.4, 0.5) is 0 Å². The topological polar surface area (TPSA) is 65.9 Å². The van der Waals surface area contributed by atoms with Crippen LogP contribution in [-0.4, -0.2) is 12.1 Å². The van der Waals surface area contributed by atoms with Gasteiger partial charge in [0.05, 0.1) is 12.6 Å². The van der Waals surface area contributed by atoms with E-state index in [2.05, 4.69) is 11.1 Å². The predicted octanol–water partition coefficient (Wildman–Crippen LogP) is 1.97. The molecule has 0 aliphatic heterocycles. The summed E-state index contributed by atoms with van der Waals surface area (Å²) >= 11 is 0. The average Bonchev–Trinajstić information content (AvgIpc) is 2.36. The third-order valence-electron chi connectivity index (χ3n) is 2.78. The van der Waals surface area contributed by atoms with Crippen LogP contribution in [0.1, 0.15) is 18.1 Å². The second-order valence-electron chi connectivity index (χ2n) is 3.69. The Labute approximate surface area is 98.5 Å². The maximum atomic E-state index is 11.5. The second-order valence-corrected chi connectivity index (χ2v) is 3.69. The highest BCUT2D eigenvalue weighted by Crippen LogP contribution is 2.26. The van der Waals surface area contributed by atoms with Crippen molar-refractivity contribution in [3.05, 3.63) is 39.7 Å². The summed E-state index contributed by atoms with van der Waals surface area (Å²) in [7, 11) is 1.50. The standard InChI is InChI=1S/C13H12N2O2/c1-3-8-6-12(16)15-13-9(8)4-5-11(17-2)10(13)7-14/h4-6H,3H2,1-2H3,(H,15,16). The summed E-state index contributed by atoms with van der Waals surface area (Å²) in [6, 6.07) is 7.25. The highest BCUT2D eigenvalue weighted by molar-refractivity contribution is 5.89. The molecule has 0 radical (unpaired) electrons. The number of aryl methyl sites for hydroxylation is 1. The van der Waals surface area contributed by atoms with E-state index in [1.807, 2.05) is 13.0 Å². The lowest BCUT2D eigenvalue weighted by Crippen LogP contribution is -2.07. The van der Waals surface area contributed by atoms with Gasteiger partial charge in [-0.05, 0) is 24.1 Å². The summed E-state index contributed by atoms with van der Waals surface area (Å²) < 4.78 is 5.11. The molecule has 0 aliphatic rings. The molecule has 1 aromatic heterocycles. The quantitative estimate of drug-likeness (QED) is 0.854. The van der Waals surface area contributed by atoms with Crippen molar-refractivity contribution in [3.63, 3.8) is 0 Å². The Bertz CT molecular complexity index is 665. The Morgan fingerprint density at radius 2 is 2.24 bits per heavy atom. The van der Waals surface area contributed by atoms with Crippen LogP contribution < -0.4 is 10.3 Å².